The number of para-hydroxylation sites is 2. The molecule has 0 amide bonds. The highest BCUT2D eigenvalue weighted by atomic mass is 16.5. The molecule has 1 heterocycles. The number of nitrogens with zero attached hydrogens (tertiary/aromatic N) is 1. The fourth-order valence-corrected chi connectivity index (χ4v) is 4.51. The monoisotopic (exact) mass is 416 g/mol. The summed E-state index contributed by atoms with van der Waals surface area (Å²) in [6.07, 6.45) is 2.34. The van der Waals surface area contributed by atoms with Crippen LogP contribution in [-0.4, -0.2) is 37.7 Å². The van der Waals surface area contributed by atoms with Gasteiger partial charge in [-0.15, -0.1) is 0 Å². The van der Waals surface area contributed by atoms with E-state index in [1.807, 2.05) is 42.5 Å². The van der Waals surface area contributed by atoms with Gasteiger partial charge in [-0.2, -0.15) is 0 Å². The molecule has 162 valence electrons. The van der Waals surface area contributed by atoms with Gasteiger partial charge in [0, 0.05) is 24.7 Å². The lowest BCUT2D eigenvalue weighted by molar-refractivity contribution is 0.0930. The number of ether oxygens (including phenoxy) is 2. The maximum atomic E-state index is 6.01. The molecule has 1 fully saturated rings. The van der Waals surface area contributed by atoms with Crippen molar-refractivity contribution in [2.45, 2.75) is 31.5 Å². The summed E-state index contributed by atoms with van der Waals surface area (Å²) in [6.45, 7) is 3.48. The highest BCUT2D eigenvalue weighted by Gasteiger charge is 2.32. The Morgan fingerprint density at radius 3 is 2.39 bits per heavy atom. The minimum atomic E-state index is 0.323. The average molecular weight is 417 g/mol. The summed E-state index contributed by atoms with van der Waals surface area (Å²) >= 11 is 0. The lowest BCUT2D eigenvalue weighted by Gasteiger charge is -2.42. The van der Waals surface area contributed by atoms with Crippen molar-refractivity contribution in [2.24, 2.45) is 0 Å². The predicted molar refractivity (Wildman–Crippen MR) is 126 cm³/mol. The lowest BCUT2D eigenvalue weighted by Crippen LogP contribution is -2.49. The van der Waals surface area contributed by atoms with Gasteiger partial charge in [0.2, 0.25) is 0 Å². The molecule has 0 radical (unpaired) electrons. The molecule has 0 saturated carbocycles. The fraction of sp³-hybridized carbons (Fsp3) is 0.333. The van der Waals surface area contributed by atoms with Crippen LogP contribution in [0, 0.1) is 0 Å². The summed E-state index contributed by atoms with van der Waals surface area (Å²) in [7, 11) is 1.74. The van der Waals surface area contributed by atoms with E-state index in [1.54, 1.807) is 7.11 Å². The molecule has 0 bridgehead atoms. The van der Waals surface area contributed by atoms with Crippen LogP contribution in [0.1, 0.15) is 30.0 Å². The van der Waals surface area contributed by atoms with Crippen molar-refractivity contribution in [1.82, 2.24) is 10.2 Å². The Balaban J connectivity index is 1.46. The Morgan fingerprint density at radius 2 is 1.61 bits per heavy atom. The van der Waals surface area contributed by atoms with Gasteiger partial charge in [-0.25, -0.2) is 0 Å². The second kappa shape index (κ2) is 11.0. The second-order valence-corrected chi connectivity index (χ2v) is 7.99. The van der Waals surface area contributed by atoms with Crippen molar-refractivity contribution >= 4 is 0 Å². The first kappa shape index (κ1) is 21.4. The largest absolute Gasteiger partial charge is 0.496 e. The molecule has 1 aliphatic rings. The molecule has 0 spiro atoms. The first-order valence-corrected chi connectivity index (χ1v) is 11.2. The third kappa shape index (κ3) is 5.66. The minimum Gasteiger partial charge on any atom is -0.496 e. The molecule has 1 saturated heterocycles. The molecule has 0 aromatic heterocycles. The Labute approximate surface area is 185 Å². The zero-order chi connectivity index (χ0) is 21.3. The van der Waals surface area contributed by atoms with Crippen molar-refractivity contribution < 1.29 is 9.47 Å². The van der Waals surface area contributed by atoms with Crippen molar-refractivity contribution in [3.8, 4) is 11.5 Å². The first-order chi connectivity index (χ1) is 15.3. The van der Waals surface area contributed by atoms with Crippen molar-refractivity contribution in [2.75, 3.05) is 26.8 Å². The average Bonchev–Trinajstić information content (AvgIpc) is 2.84. The van der Waals surface area contributed by atoms with Crippen molar-refractivity contribution in [1.29, 1.82) is 0 Å². The van der Waals surface area contributed by atoms with Gasteiger partial charge < -0.3 is 14.8 Å². The van der Waals surface area contributed by atoms with Gasteiger partial charge in [-0.05, 0) is 43.1 Å². The van der Waals surface area contributed by atoms with E-state index in [4.69, 9.17) is 9.47 Å². The first-order valence-electron chi connectivity index (χ1n) is 11.2. The number of hydrogen-bond donors (Lipinski definition) is 1. The summed E-state index contributed by atoms with van der Waals surface area (Å²) < 4.78 is 11.6. The maximum Gasteiger partial charge on any atom is 0.123 e. The summed E-state index contributed by atoms with van der Waals surface area (Å²) in [5, 5.41) is 3.84. The van der Waals surface area contributed by atoms with Gasteiger partial charge >= 0.3 is 0 Å². The smallest absolute Gasteiger partial charge is 0.123 e. The highest BCUT2D eigenvalue weighted by Crippen LogP contribution is 2.32. The predicted octanol–water partition coefficient (Wildman–Crippen LogP) is 5.07. The number of piperidine rings is 1. The number of likely N-dealkylation sites (tertiary alicyclic amines) is 1. The van der Waals surface area contributed by atoms with Crippen LogP contribution < -0.4 is 14.8 Å². The Kier molecular flexibility index (Phi) is 7.59. The van der Waals surface area contributed by atoms with Gasteiger partial charge in [-0.1, -0.05) is 66.7 Å². The van der Waals surface area contributed by atoms with Crippen LogP contribution in [0.5, 0.6) is 11.5 Å². The van der Waals surface area contributed by atoms with E-state index in [9.17, 15) is 0 Å². The number of benzene rings is 3. The molecular formula is C27H32N2O2. The third-order valence-corrected chi connectivity index (χ3v) is 6.01. The SMILES string of the molecule is COc1ccccc1CN[C@H]1CCCN(CCOc2ccccc2)[C@H]1c1ccccc1. The molecule has 3 aromatic rings. The third-order valence-electron chi connectivity index (χ3n) is 6.01. The Hall–Kier alpha value is -2.82. The molecule has 1 N–H and O–H groups in total. The van der Waals surface area contributed by atoms with Crippen LogP contribution in [0.15, 0.2) is 84.9 Å². The van der Waals surface area contributed by atoms with E-state index in [1.165, 1.54) is 17.5 Å². The van der Waals surface area contributed by atoms with Gasteiger partial charge in [0.25, 0.3) is 0 Å². The molecule has 3 aromatic carbocycles. The molecule has 4 heteroatoms. The van der Waals surface area contributed by atoms with Gasteiger partial charge in [0.1, 0.15) is 18.1 Å². The highest BCUT2D eigenvalue weighted by molar-refractivity contribution is 5.33. The number of methoxy groups -OCH3 is 1. The summed E-state index contributed by atoms with van der Waals surface area (Å²) in [5.74, 6) is 1.87. The van der Waals surface area contributed by atoms with Crippen LogP contribution in [0.3, 0.4) is 0 Å². The maximum absolute atomic E-state index is 6.01. The molecule has 31 heavy (non-hydrogen) atoms. The van der Waals surface area contributed by atoms with Gasteiger partial charge in [0.15, 0.2) is 0 Å². The van der Waals surface area contributed by atoms with Crippen molar-refractivity contribution in [3.63, 3.8) is 0 Å². The van der Waals surface area contributed by atoms with E-state index >= 15 is 0 Å². The molecule has 0 unspecified atom stereocenters. The molecule has 2 atom stereocenters. The van der Waals surface area contributed by atoms with E-state index in [0.717, 1.165) is 37.6 Å². The van der Waals surface area contributed by atoms with Crippen LogP contribution >= 0.6 is 0 Å². The summed E-state index contributed by atoms with van der Waals surface area (Å²) in [5.41, 5.74) is 2.56. The van der Waals surface area contributed by atoms with Gasteiger partial charge in [0.05, 0.1) is 13.2 Å². The zero-order valence-corrected chi connectivity index (χ0v) is 18.2. The van der Waals surface area contributed by atoms with Crippen LogP contribution in [0.25, 0.3) is 0 Å². The lowest BCUT2D eigenvalue weighted by atomic mass is 9.90. The van der Waals surface area contributed by atoms with Crippen LogP contribution in [0.4, 0.5) is 0 Å². The molecule has 4 rings (SSSR count). The Bertz CT molecular complexity index is 917. The summed E-state index contributed by atoms with van der Waals surface area (Å²) in [4.78, 5) is 2.57. The number of nitrogens with one attached hydrogen (secondary N) is 1. The van der Waals surface area contributed by atoms with Crippen LogP contribution in [-0.2, 0) is 6.54 Å². The normalized spacial score (nSPS) is 19.1. The molecule has 0 aliphatic carbocycles. The van der Waals surface area contributed by atoms with E-state index in [-0.39, 0.29) is 0 Å². The topological polar surface area (TPSA) is 33.7 Å². The fourth-order valence-electron chi connectivity index (χ4n) is 4.51. The summed E-state index contributed by atoms with van der Waals surface area (Å²) in [6, 6.07) is 29.9. The zero-order valence-electron chi connectivity index (χ0n) is 18.2. The number of hydrogen-bond acceptors (Lipinski definition) is 4. The molecular weight excluding hydrogens is 384 g/mol. The second-order valence-electron chi connectivity index (χ2n) is 7.99. The van der Waals surface area contributed by atoms with E-state index in [0.29, 0.717) is 18.7 Å². The molecule has 1 aliphatic heterocycles. The van der Waals surface area contributed by atoms with E-state index < -0.39 is 0 Å². The van der Waals surface area contributed by atoms with Gasteiger partial charge in [-0.3, -0.25) is 4.90 Å². The van der Waals surface area contributed by atoms with Crippen molar-refractivity contribution in [3.05, 3.63) is 96.1 Å². The molecule has 4 nitrogen and oxygen atoms in total. The standard InChI is InChI=1S/C27H32N2O2/c1-30-26-17-9-8-13-23(26)21-28-25-16-10-18-29(27(25)22-11-4-2-5-12-22)19-20-31-24-14-6-3-7-15-24/h2-9,11-15,17,25,27-28H,10,16,18-21H2,1H3/t25-,27-/m0/s1. The quantitative estimate of drug-likeness (QED) is 0.528. The number of rotatable bonds is 9. The van der Waals surface area contributed by atoms with Crippen LogP contribution in [0.2, 0.25) is 0 Å². The van der Waals surface area contributed by atoms with E-state index in [2.05, 4.69) is 52.7 Å². The Morgan fingerprint density at radius 1 is 0.903 bits per heavy atom. The minimum absolute atomic E-state index is 0.323.